The molecule has 4 rings (SSSR count). The molecule has 7 heteroatoms. The Morgan fingerprint density at radius 1 is 1.11 bits per heavy atom. The van der Waals surface area contributed by atoms with Crippen molar-refractivity contribution in [3.05, 3.63) is 0 Å². The van der Waals surface area contributed by atoms with Crippen molar-refractivity contribution in [1.82, 2.24) is 0 Å². The van der Waals surface area contributed by atoms with E-state index in [0.29, 0.717) is 18.4 Å². The maximum Gasteiger partial charge on any atom is 0.311 e. The van der Waals surface area contributed by atoms with Gasteiger partial charge in [-0.25, -0.2) is 0 Å². The van der Waals surface area contributed by atoms with Gasteiger partial charge in [0.2, 0.25) is 0 Å². The predicted molar refractivity (Wildman–Crippen MR) is 131 cm³/mol. The highest BCUT2D eigenvalue weighted by Crippen LogP contribution is 2.55. The number of hydrogen-bond donors (Lipinski definition) is 0. The first-order valence-electron chi connectivity index (χ1n) is 13.8. The summed E-state index contributed by atoms with van der Waals surface area (Å²) in [5.74, 6) is 0.718. The van der Waals surface area contributed by atoms with Crippen LogP contribution in [0.4, 0.5) is 0 Å². The van der Waals surface area contributed by atoms with Crippen LogP contribution >= 0.6 is 0 Å². The molecule has 1 saturated heterocycles. The van der Waals surface area contributed by atoms with Gasteiger partial charge in [-0.3, -0.25) is 14.4 Å². The Morgan fingerprint density at radius 2 is 1.80 bits per heavy atom. The van der Waals surface area contributed by atoms with Crippen LogP contribution in [-0.4, -0.2) is 48.9 Å². The van der Waals surface area contributed by atoms with E-state index in [4.69, 9.17) is 18.9 Å². The second-order valence-electron chi connectivity index (χ2n) is 11.6. The lowest BCUT2D eigenvalue weighted by Crippen LogP contribution is -2.35. The lowest BCUT2D eigenvalue weighted by atomic mass is 9.88. The molecule has 3 aliphatic carbocycles. The predicted octanol–water partition coefficient (Wildman–Crippen LogP) is 5.23. The average Bonchev–Trinajstić information content (AvgIpc) is 3.60. The molecule has 2 bridgehead atoms. The molecule has 200 valence electrons. The largest absolute Gasteiger partial charge is 0.463 e. The molecular formula is C28H46O7. The fourth-order valence-electron chi connectivity index (χ4n) is 5.82. The fourth-order valence-corrected chi connectivity index (χ4v) is 5.82. The van der Waals surface area contributed by atoms with Crippen LogP contribution in [0.25, 0.3) is 0 Å². The topological polar surface area (TPSA) is 88.1 Å². The van der Waals surface area contributed by atoms with Crippen molar-refractivity contribution in [2.75, 3.05) is 13.2 Å². The summed E-state index contributed by atoms with van der Waals surface area (Å²) in [4.78, 5) is 35.2. The third-order valence-corrected chi connectivity index (χ3v) is 8.97. The number of esters is 3. The minimum absolute atomic E-state index is 0.00347. The van der Waals surface area contributed by atoms with E-state index in [2.05, 4.69) is 6.92 Å². The Hall–Kier alpha value is -1.63. The van der Waals surface area contributed by atoms with Gasteiger partial charge in [0.25, 0.3) is 0 Å². The summed E-state index contributed by atoms with van der Waals surface area (Å²) < 4.78 is 22.2. The lowest BCUT2D eigenvalue weighted by Gasteiger charge is -2.29. The Kier molecular flexibility index (Phi) is 9.27. The zero-order valence-electron chi connectivity index (χ0n) is 22.6. The summed E-state index contributed by atoms with van der Waals surface area (Å²) in [5, 5.41) is 0. The van der Waals surface area contributed by atoms with Crippen molar-refractivity contribution in [2.24, 2.45) is 29.1 Å². The molecule has 7 nitrogen and oxygen atoms in total. The molecule has 0 radical (unpaired) electrons. The van der Waals surface area contributed by atoms with Crippen LogP contribution in [0.2, 0.25) is 0 Å². The summed E-state index contributed by atoms with van der Waals surface area (Å²) in [6, 6.07) is 0. The van der Waals surface area contributed by atoms with Gasteiger partial charge in [-0.1, -0.05) is 27.7 Å². The van der Waals surface area contributed by atoms with E-state index in [0.717, 1.165) is 44.9 Å². The average molecular weight is 495 g/mol. The van der Waals surface area contributed by atoms with Crippen LogP contribution < -0.4 is 0 Å². The molecule has 4 fully saturated rings. The summed E-state index contributed by atoms with van der Waals surface area (Å²) in [7, 11) is 0. The van der Waals surface area contributed by atoms with E-state index in [1.54, 1.807) is 0 Å². The molecule has 6 unspecified atom stereocenters. The Balaban J connectivity index is 0.000000214. The van der Waals surface area contributed by atoms with Gasteiger partial charge < -0.3 is 18.9 Å². The maximum absolute atomic E-state index is 11.8. The molecule has 0 amide bonds. The minimum Gasteiger partial charge on any atom is -0.463 e. The first-order valence-corrected chi connectivity index (χ1v) is 13.8. The Labute approximate surface area is 211 Å². The summed E-state index contributed by atoms with van der Waals surface area (Å²) in [6.45, 7) is 12.5. The third-order valence-electron chi connectivity index (χ3n) is 8.97. The lowest BCUT2D eigenvalue weighted by molar-refractivity contribution is -0.164. The zero-order chi connectivity index (χ0) is 25.8. The van der Waals surface area contributed by atoms with E-state index in [9.17, 15) is 14.4 Å². The number of fused-ring (bicyclic) bond motifs is 1. The van der Waals surface area contributed by atoms with Crippen LogP contribution in [0, 0.1) is 29.1 Å². The Morgan fingerprint density at radius 3 is 2.40 bits per heavy atom. The van der Waals surface area contributed by atoms with E-state index in [1.165, 1.54) is 12.8 Å². The highest BCUT2D eigenvalue weighted by atomic mass is 16.6. The zero-order valence-corrected chi connectivity index (χ0v) is 22.6. The van der Waals surface area contributed by atoms with E-state index < -0.39 is 5.41 Å². The maximum atomic E-state index is 11.8. The molecule has 6 atom stereocenters. The minimum atomic E-state index is -0.444. The van der Waals surface area contributed by atoms with Gasteiger partial charge in [-0.15, -0.1) is 0 Å². The number of carbonyl (C=O) groups is 3. The third kappa shape index (κ3) is 6.20. The molecule has 3 saturated carbocycles. The molecule has 1 heterocycles. The number of hydrogen-bond acceptors (Lipinski definition) is 7. The molecule has 35 heavy (non-hydrogen) atoms. The molecule has 4 aliphatic rings. The van der Waals surface area contributed by atoms with Gasteiger partial charge in [-0.05, 0) is 77.6 Å². The molecule has 0 aromatic carbocycles. The van der Waals surface area contributed by atoms with Gasteiger partial charge >= 0.3 is 17.9 Å². The van der Waals surface area contributed by atoms with Crippen LogP contribution in [0.3, 0.4) is 0 Å². The van der Waals surface area contributed by atoms with Crippen molar-refractivity contribution in [3.8, 4) is 0 Å². The Bertz CT molecular complexity index is 754. The van der Waals surface area contributed by atoms with Gasteiger partial charge in [0.05, 0.1) is 30.0 Å². The van der Waals surface area contributed by atoms with Crippen LogP contribution in [-0.2, 0) is 33.3 Å². The van der Waals surface area contributed by atoms with Crippen LogP contribution in [0.5, 0.6) is 0 Å². The van der Waals surface area contributed by atoms with E-state index in [1.807, 2.05) is 34.6 Å². The fraction of sp³-hybridized carbons (Fsp3) is 0.893. The highest BCUT2D eigenvalue weighted by molar-refractivity contribution is 5.77. The first kappa shape index (κ1) is 27.9. The highest BCUT2D eigenvalue weighted by Gasteiger charge is 2.62. The van der Waals surface area contributed by atoms with Crippen molar-refractivity contribution >= 4 is 17.9 Å². The van der Waals surface area contributed by atoms with Crippen molar-refractivity contribution in [2.45, 2.75) is 117 Å². The first-order chi connectivity index (χ1) is 16.6. The molecular weight excluding hydrogens is 448 g/mol. The van der Waals surface area contributed by atoms with Gasteiger partial charge in [0.15, 0.2) is 0 Å². The van der Waals surface area contributed by atoms with Gasteiger partial charge in [0.1, 0.15) is 18.3 Å². The van der Waals surface area contributed by atoms with Crippen LogP contribution in [0.15, 0.2) is 0 Å². The van der Waals surface area contributed by atoms with Crippen molar-refractivity contribution < 1.29 is 33.3 Å². The SMILES string of the molecule is CCC(C)(C)C(=O)OCCOC1C2CC3C(=O)OC1C3C2.CCC(C)C(=O)OC1(CC)CCCC1. The molecule has 0 spiro atoms. The molecule has 0 N–H and O–H groups in total. The summed E-state index contributed by atoms with van der Waals surface area (Å²) in [5.41, 5.74) is -0.554. The molecule has 0 aromatic heterocycles. The van der Waals surface area contributed by atoms with Gasteiger partial charge in [-0.2, -0.15) is 0 Å². The number of ether oxygens (including phenoxy) is 4. The number of carbonyl (C=O) groups excluding carboxylic acids is 3. The second kappa shape index (κ2) is 11.6. The molecule has 1 aliphatic heterocycles. The van der Waals surface area contributed by atoms with E-state index >= 15 is 0 Å². The van der Waals surface area contributed by atoms with E-state index in [-0.39, 0.29) is 54.2 Å². The normalized spacial score (nSPS) is 30.9. The van der Waals surface area contributed by atoms with Crippen molar-refractivity contribution in [1.29, 1.82) is 0 Å². The standard InChI is InChI=1S/C16H24O5.C12H22O2/c1-4-16(2,3)15(18)20-6-5-19-12-9-7-10-11(8-9)14(17)21-13(10)12;1-4-10(3)11(13)14-12(5-2)8-6-7-9-12/h9-13H,4-8H2,1-3H3;10H,4-9H2,1-3H3. The summed E-state index contributed by atoms with van der Waals surface area (Å²) in [6.07, 6.45) is 8.99. The molecule has 0 aromatic rings. The monoisotopic (exact) mass is 494 g/mol. The van der Waals surface area contributed by atoms with Gasteiger partial charge in [0, 0.05) is 5.92 Å². The number of rotatable bonds is 10. The quantitative estimate of drug-likeness (QED) is 0.233. The van der Waals surface area contributed by atoms with Crippen molar-refractivity contribution in [3.63, 3.8) is 0 Å². The summed E-state index contributed by atoms with van der Waals surface area (Å²) >= 11 is 0. The second-order valence-corrected chi connectivity index (χ2v) is 11.6. The smallest absolute Gasteiger partial charge is 0.311 e. The van der Waals surface area contributed by atoms with Crippen LogP contribution in [0.1, 0.15) is 99.3 Å².